The van der Waals surface area contributed by atoms with Crippen molar-refractivity contribution in [3.05, 3.63) is 82.7 Å². The third-order valence-electron chi connectivity index (χ3n) is 6.42. The summed E-state index contributed by atoms with van der Waals surface area (Å²) in [7, 11) is 0. The summed E-state index contributed by atoms with van der Waals surface area (Å²) in [5.74, 6) is -0.217. The van der Waals surface area contributed by atoms with Gasteiger partial charge in [-0.05, 0) is 61.6 Å². The van der Waals surface area contributed by atoms with E-state index >= 15 is 0 Å². The SMILES string of the molecule is O=C(N1CCCC1Cn1nc(-c2ccncc2)ccc1=O)C1(c2ccc(F)cc2)CC1. The molecule has 1 unspecified atom stereocenters. The smallest absolute Gasteiger partial charge is 0.266 e. The van der Waals surface area contributed by atoms with Crippen LogP contribution in [0.15, 0.2) is 65.7 Å². The Morgan fingerprint density at radius 1 is 1.06 bits per heavy atom. The Morgan fingerprint density at radius 2 is 1.81 bits per heavy atom. The summed E-state index contributed by atoms with van der Waals surface area (Å²) >= 11 is 0. The molecule has 1 aliphatic heterocycles. The number of carbonyl (C=O) groups excluding carboxylic acids is 1. The zero-order chi connectivity index (χ0) is 21.4. The summed E-state index contributed by atoms with van der Waals surface area (Å²) < 4.78 is 14.8. The molecule has 1 saturated heterocycles. The summed E-state index contributed by atoms with van der Waals surface area (Å²) in [5.41, 5.74) is 1.73. The van der Waals surface area contributed by atoms with E-state index in [1.807, 2.05) is 17.0 Å². The van der Waals surface area contributed by atoms with Gasteiger partial charge in [0.05, 0.1) is 23.7 Å². The fraction of sp³-hybridized carbons (Fsp3) is 0.333. The minimum atomic E-state index is -0.548. The van der Waals surface area contributed by atoms with Gasteiger partial charge in [0.1, 0.15) is 5.82 Å². The van der Waals surface area contributed by atoms with Gasteiger partial charge < -0.3 is 4.90 Å². The molecule has 0 N–H and O–H groups in total. The number of rotatable bonds is 5. The Morgan fingerprint density at radius 3 is 2.52 bits per heavy atom. The van der Waals surface area contributed by atoms with E-state index in [-0.39, 0.29) is 23.3 Å². The highest BCUT2D eigenvalue weighted by molar-refractivity contribution is 5.91. The Balaban J connectivity index is 1.39. The summed E-state index contributed by atoms with van der Waals surface area (Å²) in [6.07, 6.45) is 6.66. The van der Waals surface area contributed by atoms with E-state index in [4.69, 9.17) is 0 Å². The van der Waals surface area contributed by atoms with E-state index in [9.17, 15) is 14.0 Å². The zero-order valence-corrected chi connectivity index (χ0v) is 17.1. The summed E-state index contributed by atoms with van der Waals surface area (Å²) in [6, 6.07) is 13.1. The van der Waals surface area contributed by atoms with Gasteiger partial charge in [0.25, 0.3) is 5.56 Å². The maximum Gasteiger partial charge on any atom is 0.266 e. The first-order valence-corrected chi connectivity index (χ1v) is 10.6. The van der Waals surface area contributed by atoms with Gasteiger partial charge in [-0.3, -0.25) is 14.6 Å². The first-order valence-electron chi connectivity index (χ1n) is 10.6. The fourth-order valence-corrected chi connectivity index (χ4v) is 4.54. The maximum atomic E-state index is 13.5. The van der Waals surface area contributed by atoms with Gasteiger partial charge in [0, 0.05) is 30.6 Å². The van der Waals surface area contributed by atoms with Crippen molar-refractivity contribution >= 4 is 5.91 Å². The predicted molar refractivity (Wildman–Crippen MR) is 114 cm³/mol. The van der Waals surface area contributed by atoms with Crippen LogP contribution in [-0.4, -0.2) is 38.2 Å². The van der Waals surface area contributed by atoms with Crippen LogP contribution < -0.4 is 5.56 Å². The van der Waals surface area contributed by atoms with Crippen molar-refractivity contribution in [2.24, 2.45) is 0 Å². The molecule has 1 amide bonds. The van der Waals surface area contributed by atoms with Crippen molar-refractivity contribution in [1.29, 1.82) is 0 Å². The van der Waals surface area contributed by atoms with Gasteiger partial charge in [0.15, 0.2) is 0 Å². The lowest BCUT2D eigenvalue weighted by Crippen LogP contribution is -2.45. The first-order chi connectivity index (χ1) is 15.1. The number of carbonyl (C=O) groups is 1. The van der Waals surface area contributed by atoms with Crippen LogP contribution in [0.5, 0.6) is 0 Å². The number of amides is 1. The molecule has 1 aromatic carbocycles. The molecule has 2 aliphatic rings. The molecule has 7 heteroatoms. The highest BCUT2D eigenvalue weighted by Gasteiger charge is 2.54. The molecule has 31 heavy (non-hydrogen) atoms. The Hall–Kier alpha value is -3.35. The summed E-state index contributed by atoms with van der Waals surface area (Å²) in [5, 5.41) is 4.54. The summed E-state index contributed by atoms with van der Waals surface area (Å²) in [6.45, 7) is 1.04. The van der Waals surface area contributed by atoms with E-state index in [0.29, 0.717) is 18.8 Å². The van der Waals surface area contributed by atoms with Gasteiger partial charge >= 0.3 is 0 Å². The number of benzene rings is 1. The normalized spacial score (nSPS) is 19.4. The number of aromatic nitrogens is 3. The van der Waals surface area contributed by atoms with Crippen LogP contribution in [0.1, 0.15) is 31.2 Å². The molecule has 3 heterocycles. The van der Waals surface area contributed by atoms with Gasteiger partial charge in [-0.1, -0.05) is 12.1 Å². The molecule has 0 bridgehead atoms. The molecular weight excluding hydrogens is 395 g/mol. The van der Waals surface area contributed by atoms with Gasteiger partial charge in [-0.2, -0.15) is 5.10 Å². The fourth-order valence-electron chi connectivity index (χ4n) is 4.54. The Labute approximate surface area is 179 Å². The topological polar surface area (TPSA) is 68.1 Å². The number of halogens is 1. The van der Waals surface area contributed by atoms with E-state index in [0.717, 1.165) is 36.8 Å². The minimum absolute atomic E-state index is 0.0803. The summed E-state index contributed by atoms with van der Waals surface area (Å²) in [4.78, 5) is 31.9. The largest absolute Gasteiger partial charge is 0.337 e. The molecule has 6 nitrogen and oxygen atoms in total. The third-order valence-corrected chi connectivity index (χ3v) is 6.42. The highest BCUT2D eigenvalue weighted by atomic mass is 19.1. The van der Waals surface area contributed by atoms with Crippen LogP contribution >= 0.6 is 0 Å². The van der Waals surface area contributed by atoms with Crippen molar-refractivity contribution in [3.63, 3.8) is 0 Å². The predicted octanol–water partition coefficient (Wildman–Crippen LogP) is 3.17. The molecule has 2 aromatic heterocycles. The quantitative estimate of drug-likeness (QED) is 0.638. The van der Waals surface area contributed by atoms with E-state index < -0.39 is 5.41 Å². The average Bonchev–Trinajstić information content (AvgIpc) is 3.48. The van der Waals surface area contributed by atoms with Crippen molar-refractivity contribution in [2.45, 2.75) is 43.7 Å². The average molecular weight is 418 g/mol. The molecular formula is C24H23FN4O2. The van der Waals surface area contributed by atoms with Crippen molar-refractivity contribution in [1.82, 2.24) is 19.7 Å². The zero-order valence-electron chi connectivity index (χ0n) is 17.1. The van der Waals surface area contributed by atoms with Crippen molar-refractivity contribution in [2.75, 3.05) is 6.54 Å². The molecule has 158 valence electrons. The molecule has 0 radical (unpaired) electrons. The maximum absolute atomic E-state index is 13.5. The second kappa shape index (κ2) is 7.72. The van der Waals surface area contributed by atoms with Crippen LogP contribution in [0.25, 0.3) is 11.3 Å². The van der Waals surface area contributed by atoms with Crippen LogP contribution in [0.2, 0.25) is 0 Å². The minimum Gasteiger partial charge on any atom is -0.337 e. The Bertz CT molecular complexity index is 1160. The van der Waals surface area contributed by atoms with Crippen molar-refractivity contribution < 1.29 is 9.18 Å². The van der Waals surface area contributed by atoms with Crippen LogP contribution in [-0.2, 0) is 16.8 Å². The molecule has 0 spiro atoms. The van der Waals surface area contributed by atoms with E-state index in [2.05, 4.69) is 10.1 Å². The second-order valence-electron chi connectivity index (χ2n) is 8.36. The standard InChI is InChI=1S/C24H23FN4O2/c25-19-5-3-18(4-6-19)24(11-12-24)23(31)28-15-1-2-20(28)16-29-22(30)8-7-21(27-29)17-9-13-26-14-10-17/h3-10,13-14,20H,1-2,11-12,15-16H2. The molecule has 1 saturated carbocycles. The number of nitrogens with zero attached hydrogens (tertiary/aromatic N) is 4. The van der Waals surface area contributed by atoms with Gasteiger partial charge in [-0.25, -0.2) is 9.07 Å². The van der Waals surface area contributed by atoms with Gasteiger partial charge in [-0.15, -0.1) is 0 Å². The number of likely N-dealkylation sites (tertiary alicyclic amines) is 1. The van der Waals surface area contributed by atoms with E-state index in [1.54, 1.807) is 30.6 Å². The monoisotopic (exact) mass is 418 g/mol. The van der Waals surface area contributed by atoms with Gasteiger partial charge in [0.2, 0.25) is 5.91 Å². The van der Waals surface area contributed by atoms with Crippen LogP contribution in [0, 0.1) is 5.82 Å². The lowest BCUT2D eigenvalue weighted by molar-refractivity contribution is -0.135. The third kappa shape index (κ3) is 3.65. The number of hydrogen-bond donors (Lipinski definition) is 0. The van der Waals surface area contributed by atoms with Crippen LogP contribution in [0.4, 0.5) is 4.39 Å². The molecule has 1 aliphatic carbocycles. The highest BCUT2D eigenvalue weighted by Crippen LogP contribution is 2.50. The lowest BCUT2D eigenvalue weighted by Gasteiger charge is -2.29. The molecule has 2 fully saturated rings. The second-order valence-corrected chi connectivity index (χ2v) is 8.36. The van der Waals surface area contributed by atoms with E-state index in [1.165, 1.54) is 22.9 Å². The number of hydrogen-bond acceptors (Lipinski definition) is 4. The first kappa shape index (κ1) is 19.6. The molecule has 5 rings (SSSR count). The molecule has 1 atom stereocenters. The number of pyridine rings is 1. The molecule has 3 aromatic rings. The lowest BCUT2D eigenvalue weighted by atomic mass is 9.94. The van der Waals surface area contributed by atoms with Crippen LogP contribution in [0.3, 0.4) is 0 Å². The van der Waals surface area contributed by atoms with Crippen molar-refractivity contribution in [3.8, 4) is 11.3 Å². The Kier molecular flexibility index (Phi) is 4.88.